The van der Waals surface area contributed by atoms with Gasteiger partial charge in [-0.15, -0.1) is 0 Å². The van der Waals surface area contributed by atoms with Crippen LogP contribution in [0.5, 0.6) is 0 Å². The van der Waals surface area contributed by atoms with Gasteiger partial charge in [0.2, 0.25) is 0 Å². The number of hydrogen-bond acceptors (Lipinski definition) is 2. The monoisotopic (exact) mass is 566 g/mol. The van der Waals surface area contributed by atoms with Crippen LogP contribution in [0.4, 0.5) is 0 Å². The van der Waals surface area contributed by atoms with Gasteiger partial charge in [0, 0.05) is 11.8 Å². The summed E-state index contributed by atoms with van der Waals surface area (Å²) in [5.41, 5.74) is 7.52. The van der Waals surface area contributed by atoms with Crippen molar-refractivity contribution in [3.05, 3.63) is 113 Å². The van der Waals surface area contributed by atoms with Gasteiger partial charge < -0.3 is 0 Å². The molecule has 4 aromatic rings. The van der Waals surface area contributed by atoms with Crippen molar-refractivity contribution < 1.29 is 9.59 Å². The maximum Gasteiger partial charge on any atom is 0.161 e. The number of allylic oxidation sites excluding steroid dienone is 3. The fraction of sp³-hybridized carbons (Fsp3) is 0.333. The summed E-state index contributed by atoms with van der Waals surface area (Å²) in [5.74, 6) is -0.582. The van der Waals surface area contributed by atoms with E-state index in [-0.39, 0.29) is 23.4 Å². The predicted molar refractivity (Wildman–Crippen MR) is 176 cm³/mol. The van der Waals surface area contributed by atoms with Crippen LogP contribution in [0.2, 0.25) is 16.6 Å². The van der Waals surface area contributed by atoms with Gasteiger partial charge in [0.15, 0.2) is 11.6 Å². The Morgan fingerprint density at radius 1 is 0.643 bits per heavy atom. The molecule has 0 unspecified atom stereocenters. The first-order valence-corrected chi connectivity index (χ1v) is 18.0. The van der Waals surface area contributed by atoms with Crippen LogP contribution in [0.15, 0.2) is 90.5 Å². The van der Waals surface area contributed by atoms with E-state index in [4.69, 9.17) is 0 Å². The van der Waals surface area contributed by atoms with Crippen LogP contribution >= 0.6 is 0 Å². The van der Waals surface area contributed by atoms with Gasteiger partial charge in [0.05, 0.1) is 19.4 Å². The maximum absolute atomic E-state index is 14.3. The smallest absolute Gasteiger partial charge is 0.161 e. The van der Waals surface area contributed by atoms with Crippen molar-refractivity contribution in [1.29, 1.82) is 0 Å². The zero-order valence-corrected chi connectivity index (χ0v) is 26.4. The predicted octanol–water partition coefficient (Wildman–Crippen LogP) is 9.32. The highest BCUT2D eigenvalue weighted by atomic mass is 28.3. The van der Waals surface area contributed by atoms with Gasteiger partial charge >= 0.3 is 0 Å². The van der Waals surface area contributed by atoms with E-state index in [1.54, 1.807) is 17.3 Å². The van der Waals surface area contributed by atoms with Crippen molar-refractivity contribution in [3.63, 3.8) is 0 Å². The van der Waals surface area contributed by atoms with Crippen molar-refractivity contribution in [3.8, 4) is 0 Å². The Hall–Kier alpha value is -3.56. The van der Waals surface area contributed by atoms with E-state index in [1.807, 2.05) is 0 Å². The zero-order valence-electron chi connectivity index (χ0n) is 25.4. The average molecular weight is 567 g/mol. The van der Waals surface area contributed by atoms with Gasteiger partial charge in [0.1, 0.15) is 0 Å². The minimum atomic E-state index is -2.25. The van der Waals surface area contributed by atoms with Gasteiger partial charge in [-0.3, -0.25) is 9.59 Å². The van der Waals surface area contributed by atoms with Crippen LogP contribution < -0.4 is 0 Å². The van der Waals surface area contributed by atoms with Crippen LogP contribution in [0.1, 0.15) is 69.7 Å². The quantitative estimate of drug-likeness (QED) is 0.231. The van der Waals surface area contributed by atoms with Crippen LogP contribution in [-0.4, -0.2) is 19.6 Å². The van der Waals surface area contributed by atoms with Crippen LogP contribution in [0.25, 0.3) is 26.7 Å². The van der Waals surface area contributed by atoms with Gasteiger partial charge in [-0.2, -0.15) is 0 Å². The summed E-state index contributed by atoms with van der Waals surface area (Å²) in [6, 6.07) is 26.7. The molecule has 8 rings (SSSR count). The van der Waals surface area contributed by atoms with Gasteiger partial charge in [-0.25, -0.2) is 0 Å². The highest BCUT2D eigenvalue weighted by Gasteiger charge is 2.73. The molecule has 0 saturated heterocycles. The number of hydrogen-bond donors (Lipinski definition) is 0. The lowest BCUT2D eigenvalue weighted by Gasteiger charge is -2.46. The number of rotatable bonds is 4. The number of carbonyl (C=O) groups excluding carboxylic acids is 2. The highest BCUT2D eigenvalue weighted by molar-refractivity contribution is 7.00. The molecule has 2 bridgehead atoms. The Labute approximate surface area is 249 Å². The minimum absolute atomic E-state index is 0.0692. The molecule has 1 fully saturated rings. The first-order valence-electron chi connectivity index (χ1n) is 15.7. The molecule has 0 spiro atoms. The number of ketones is 2. The molecule has 4 aromatic carbocycles. The number of benzene rings is 4. The number of carbonyl (C=O) groups is 2. The lowest BCUT2D eigenvalue weighted by atomic mass is 9.59. The molecule has 0 aromatic heterocycles. The second-order valence-electron chi connectivity index (χ2n) is 14.1. The lowest BCUT2D eigenvalue weighted by Crippen LogP contribution is -2.46. The summed E-state index contributed by atoms with van der Waals surface area (Å²) in [6.07, 6.45) is 3.18. The fourth-order valence-corrected chi connectivity index (χ4v) is 18.2. The first kappa shape index (κ1) is 26.1. The summed E-state index contributed by atoms with van der Waals surface area (Å²) in [7, 11) is -2.25. The summed E-state index contributed by atoms with van der Waals surface area (Å²) >= 11 is 0. The fourth-order valence-electron chi connectivity index (χ4n) is 10.9. The second kappa shape index (κ2) is 8.51. The Kier molecular flexibility index (Phi) is 5.29. The van der Waals surface area contributed by atoms with Gasteiger partial charge in [-0.1, -0.05) is 114 Å². The summed E-state index contributed by atoms with van der Waals surface area (Å²) in [4.78, 5) is 28.3. The first-order chi connectivity index (χ1) is 20.2. The van der Waals surface area contributed by atoms with Crippen molar-refractivity contribution in [2.45, 2.75) is 69.5 Å². The van der Waals surface area contributed by atoms with Crippen LogP contribution in [0.3, 0.4) is 0 Å². The SMILES string of the molecule is CC(C)[Si](C1=C2[C@@H]3c4ccc5ccccc5c4[C@@]2(c2c1ccc1ccccc21)[C@H]1C(=O)C=CC(=O)[C@@H]31)(C(C)C)C(C)C. The normalized spacial score (nSPS) is 25.8. The Bertz CT molecular complexity index is 1920. The van der Waals surface area contributed by atoms with Crippen LogP contribution in [-0.2, 0) is 15.0 Å². The third kappa shape index (κ3) is 2.73. The average Bonchev–Trinajstić information content (AvgIpc) is 3.54. The van der Waals surface area contributed by atoms with Crippen molar-refractivity contribution in [1.82, 2.24) is 0 Å². The molecule has 1 saturated carbocycles. The molecule has 4 atom stereocenters. The van der Waals surface area contributed by atoms with E-state index < -0.39 is 19.4 Å². The maximum atomic E-state index is 14.3. The molecular formula is C39H38O2Si. The van der Waals surface area contributed by atoms with Gasteiger partial charge in [-0.05, 0) is 83.3 Å². The van der Waals surface area contributed by atoms with Crippen molar-refractivity contribution >= 4 is 46.4 Å². The third-order valence-electron chi connectivity index (χ3n) is 11.8. The molecule has 0 heterocycles. The molecule has 2 nitrogen and oxygen atoms in total. The van der Waals surface area contributed by atoms with E-state index in [0.717, 1.165) is 0 Å². The second-order valence-corrected chi connectivity index (χ2v) is 19.9. The van der Waals surface area contributed by atoms with E-state index in [2.05, 4.69) is 114 Å². The Morgan fingerprint density at radius 2 is 1.19 bits per heavy atom. The molecule has 0 N–H and O–H groups in total. The standard InChI is InChI=1S/C39H38O2Si/c1-21(2)42(22(3)4,23(5)6)38-29-18-16-25-12-8-10-14-27(25)35(29)39-34-26-13-9-7-11-24(26)15-17-28(34)32(37(38)39)33-30(40)19-20-31(41)36(33)39/h7-23,32-33,36H,1-6H3/t32-,33+,36+,39-/m1/s1. The molecular weight excluding hydrogens is 529 g/mol. The summed E-state index contributed by atoms with van der Waals surface area (Å²) < 4.78 is 0. The zero-order chi connectivity index (χ0) is 29.3. The van der Waals surface area contributed by atoms with Crippen LogP contribution in [0, 0.1) is 11.8 Å². The molecule has 0 aliphatic heterocycles. The van der Waals surface area contributed by atoms with E-state index >= 15 is 0 Å². The third-order valence-corrected chi connectivity index (χ3v) is 19.0. The lowest BCUT2D eigenvalue weighted by molar-refractivity contribution is -0.129. The molecule has 0 amide bonds. The van der Waals surface area contributed by atoms with E-state index in [0.29, 0.717) is 16.6 Å². The van der Waals surface area contributed by atoms with E-state index in [1.165, 1.54) is 49.4 Å². The number of fused-ring (bicyclic) bond motifs is 9. The van der Waals surface area contributed by atoms with Gasteiger partial charge in [0.25, 0.3) is 0 Å². The summed E-state index contributed by atoms with van der Waals surface area (Å²) in [6.45, 7) is 14.6. The minimum Gasteiger partial charge on any atom is -0.294 e. The topological polar surface area (TPSA) is 34.1 Å². The van der Waals surface area contributed by atoms with Crippen molar-refractivity contribution in [2.75, 3.05) is 0 Å². The molecule has 210 valence electrons. The largest absolute Gasteiger partial charge is 0.294 e. The van der Waals surface area contributed by atoms with E-state index in [9.17, 15) is 9.59 Å². The molecule has 4 aliphatic rings. The Balaban J connectivity index is 1.67. The Morgan fingerprint density at radius 3 is 1.81 bits per heavy atom. The molecule has 4 aliphatic carbocycles. The molecule has 42 heavy (non-hydrogen) atoms. The summed E-state index contributed by atoms with van der Waals surface area (Å²) in [5, 5.41) is 6.43. The highest BCUT2D eigenvalue weighted by Crippen LogP contribution is 2.77. The molecule has 0 radical (unpaired) electrons. The van der Waals surface area contributed by atoms with Crippen molar-refractivity contribution in [2.24, 2.45) is 11.8 Å². The molecule has 3 heteroatoms.